The molecule has 3 N–H and O–H groups in total. The van der Waals surface area contributed by atoms with Gasteiger partial charge in [-0.15, -0.1) is 0 Å². The van der Waals surface area contributed by atoms with Crippen LogP contribution in [0.25, 0.3) is 0 Å². The van der Waals surface area contributed by atoms with Gasteiger partial charge in [0.2, 0.25) is 0 Å². The first-order valence-electron chi connectivity index (χ1n) is 3.77. The maximum Gasteiger partial charge on any atom is 0.160 e. The summed E-state index contributed by atoms with van der Waals surface area (Å²) in [5.74, 6) is 0.558. The monoisotopic (exact) mass is 197 g/mol. The van der Waals surface area contributed by atoms with Crippen LogP contribution in [-0.2, 0) is 6.42 Å². The Labute approximate surface area is 82.1 Å². The molecule has 0 amide bonds. The Kier molecular flexibility index (Phi) is 3.08. The fourth-order valence-corrected chi connectivity index (χ4v) is 1.21. The van der Waals surface area contributed by atoms with Gasteiger partial charge < -0.3 is 15.6 Å². The van der Waals surface area contributed by atoms with Gasteiger partial charge >= 0.3 is 0 Å². The van der Waals surface area contributed by atoms with Crippen molar-refractivity contribution in [1.29, 1.82) is 0 Å². The van der Waals surface area contributed by atoms with E-state index in [9.17, 15) is 5.11 Å². The number of rotatable bonds is 3. The van der Waals surface area contributed by atoms with E-state index in [4.69, 9.17) is 22.7 Å². The zero-order valence-corrected chi connectivity index (χ0v) is 8.10. The van der Waals surface area contributed by atoms with E-state index in [1.54, 1.807) is 12.1 Å². The van der Waals surface area contributed by atoms with Crippen molar-refractivity contribution in [2.75, 3.05) is 7.11 Å². The average Bonchev–Trinajstić information content (AvgIpc) is 2.03. The second-order valence-electron chi connectivity index (χ2n) is 2.65. The molecule has 0 aliphatic rings. The first kappa shape index (κ1) is 9.80. The Balaban J connectivity index is 2.89. The topological polar surface area (TPSA) is 55.5 Å². The Morgan fingerprint density at radius 2 is 2.31 bits per heavy atom. The Bertz CT molecular complexity index is 325. The van der Waals surface area contributed by atoms with Crippen molar-refractivity contribution in [3.8, 4) is 11.5 Å². The summed E-state index contributed by atoms with van der Waals surface area (Å²) < 4.78 is 4.89. The molecule has 13 heavy (non-hydrogen) atoms. The summed E-state index contributed by atoms with van der Waals surface area (Å²) in [5.41, 5.74) is 6.24. The lowest BCUT2D eigenvalue weighted by Crippen LogP contribution is -2.10. The summed E-state index contributed by atoms with van der Waals surface area (Å²) in [4.78, 5) is 0.407. The number of phenols is 1. The van der Waals surface area contributed by atoms with Gasteiger partial charge in [-0.05, 0) is 17.7 Å². The minimum absolute atomic E-state index is 0.108. The Hall–Kier alpha value is -1.29. The molecule has 0 spiro atoms. The van der Waals surface area contributed by atoms with Crippen molar-refractivity contribution < 1.29 is 9.84 Å². The van der Waals surface area contributed by atoms with Crippen molar-refractivity contribution in [2.24, 2.45) is 5.73 Å². The molecule has 1 aromatic carbocycles. The normalized spacial score (nSPS) is 9.62. The van der Waals surface area contributed by atoms with Crippen LogP contribution in [0.5, 0.6) is 11.5 Å². The zero-order valence-electron chi connectivity index (χ0n) is 7.28. The molecule has 1 rings (SSSR count). The van der Waals surface area contributed by atoms with Gasteiger partial charge in [-0.2, -0.15) is 0 Å². The molecule has 0 radical (unpaired) electrons. The standard InChI is InChI=1S/C9H11NO2S/c1-12-8-3-2-6(4-7(8)11)5-9(10)13/h2-4,11H,5H2,1H3,(H2,10,13). The quantitative estimate of drug-likeness (QED) is 0.716. The molecule has 0 unspecified atom stereocenters. The Morgan fingerprint density at radius 3 is 2.77 bits per heavy atom. The van der Waals surface area contributed by atoms with Crippen molar-refractivity contribution in [3.05, 3.63) is 23.8 Å². The molecule has 0 aliphatic heterocycles. The number of methoxy groups -OCH3 is 1. The number of nitrogens with two attached hydrogens (primary N) is 1. The van der Waals surface area contributed by atoms with Crippen LogP contribution in [0.4, 0.5) is 0 Å². The van der Waals surface area contributed by atoms with E-state index >= 15 is 0 Å². The highest BCUT2D eigenvalue weighted by molar-refractivity contribution is 7.80. The van der Waals surface area contributed by atoms with E-state index in [-0.39, 0.29) is 5.75 Å². The number of hydrogen-bond donors (Lipinski definition) is 2. The summed E-state index contributed by atoms with van der Waals surface area (Å²) >= 11 is 4.75. The van der Waals surface area contributed by atoms with Crippen molar-refractivity contribution in [1.82, 2.24) is 0 Å². The van der Waals surface area contributed by atoms with Crippen LogP contribution >= 0.6 is 12.2 Å². The minimum atomic E-state index is 0.108. The lowest BCUT2D eigenvalue weighted by atomic mass is 10.1. The van der Waals surface area contributed by atoms with Crippen LogP contribution in [0.3, 0.4) is 0 Å². The molecule has 0 atom stereocenters. The molecule has 1 aromatic rings. The lowest BCUT2D eigenvalue weighted by Gasteiger charge is -2.05. The number of aromatic hydroxyl groups is 1. The van der Waals surface area contributed by atoms with E-state index in [1.165, 1.54) is 7.11 Å². The molecule has 70 valence electrons. The molecule has 0 fully saturated rings. The summed E-state index contributed by atoms with van der Waals surface area (Å²) in [6.07, 6.45) is 0.493. The summed E-state index contributed by atoms with van der Waals surface area (Å²) in [7, 11) is 1.50. The highest BCUT2D eigenvalue weighted by atomic mass is 32.1. The molecule has 0 aliphatic carbocycles. The summed E-state index contributed by atoms with van der Waals surface area (Å²) in [6.45, 7) is 0. The molecule has 3 nitrogen and oxygen atoms in total. The van der Waals surface area contributed by atoms with Crippen LogP contribution in [0, 0.1) is 0 Å². The van der Waals surface area contributed by atoms with Gasteiger partial charge in [0.25, 0.3) is 0 Å². The highest BCUT2D eigenvalue weighted by Gasteiger charge is 2.02. The van der Waals surface area contributed by atoms with Gasteiger partial charge in [0, 0.05) is 6.42 Å². The van der Waals surface area contributed by atoms with E-state index in [0.717, 1.165) is 5.56 Å². The second-order valence-corrected chi connectivity index (χ2v) is 3.17. The summed E-state index contributed by atoms with van der Waals surface area (Å²) in [6, 6.07) is 5.10. The van der Waals surface area contributed by atoms with Crippen LogP contribution < -0.4 is 10.5 Å². The number of thiocarbonyl (C=S) groups is 1. The molecule has 4 heteroatoms. The third-order valence-electron chi connectivity index (χ3n) is 1.62. The van der Waals surface area contributed by atoms with Crippen LogP contribution in [0.2, 0.25) is 0 Å². The lowest BCUT2D eigenvalue weighted by molar-refractivity contribution is 0.373. The fourth-order valence-electron chi connectivity index (χ4n) is 1.05. The molecule has 0 heterocycles. The van der Waals surface area contributed by atoms with E-state index in [1.807, 2.05) is 6.07 Å². The smallest absolute Gasteiger partial charge is 0.160 e. The van der Waals surface area contributed by atoms with Gasteiger partial charge in [-0.3, -0.25) is 0 Å². The van der Waals surface area contributed by atoms with Crippen LogP contribution in [0.15, 0.2) is 18.2 Å². The molecule has 0 saturated heterocycles. The summed E-state index contributed by atoms with van der Waals surface area (Å²) in [5, 5.41) is 9.40. The maximum absolute atomic E-state index is 9.40. The first-order valence-corrected chi connectivity index (χ1v) is 4.18. The van der Waals surface area contributed by atoms with Gasteiger partial charge in [0.15, 0.2) is 11.5 Å². The molecule has 0 bridgehead atoms. The van der Waals surface area contributed by atoms with Crippen molar-refractivity contribution >= 4 is 17.2 Å². The molecular formula is C9H11NO2S. The maximum atomic E-state index is 9.40. The third kappa shape index (κ3) is 2.59. The van der Waals surface area contributed by atoms with Gasteiger partial charge in [0.1, 0.15) is 0 Å². The minimum Gasteiger partial charge on any atom is -0.504 e. The number of benzene rings is 1. The SMILES string of the molecule is COc1ccc(CC(N)=S)cc1O. The largest absolute Gasteiger partial charge is 0.504 e. The predicted molar refractivity (Wildman–Crippen MR) is 55.1 cm³/mol. The third-order valence-corrected chi connectivity index (χ3v) is 1.77. The molecule has 0 aromatic heterocycles. The molecular weight excluding hydrogens is 186 g/mol. The van der Waals surface area contributed by atoms with Crippen molar-refractivity contribution in [3.63, 3.8) is 0 Å². The van der Waals surface area contributed by atoms with E-state index in [0.29, 0.717) is 17.2 Å². The highest BCUT2D eigenvalue weighted by Crippen LogP contribution is 2.26. The van der Waals surface area contributed by atoms with Gasteiger partial charge in [-0.1, -0.05) is 18.3 Å². The van der Waals surface area contributed by atoms with Crippen LogP contribution in [0.1, 0.15) is 5.56 Å². The second kappa shape index (κ2) is 4.09. The Morgan fingerprint density at radius 1 is 1.62 bits per heavy atom. The molecule has 0 saturated carbocycles. The van der Waals surface area contributed by atoms with Crippen LogP contribution in [-0.4, -0.2) is 17.2 Å². The predicted octanol–water partition coefficient (Wildman–Crippen LogP) is 1.23. The average molecular weight is 197 g/mol. The number of hydrogen-bond acceptors (Lipinski definition) is 3. The van der Waals surface area contributed by atoms with Gasteiger partial charge in [-0.25, -0.2) is 0 Å². The van der Waals surface area contributed by atoms with E-state index < -0.39 is 0 Å². The van der Waals surface area contributed by atoms with Crippen molar-refractivity contribution in [2.45, 2.75) is 6.42 Å². The first-order chi connectivity index (χ1) is 6.13. The number of ether oxygens (including phenoxy) is 1. The fraction of sp³-hybridized carbons (Fsp3) is 0.222. The van der Waals surface area contributed by atoms with E-state index in [2.05, 4.69) is 0 Å². The number of phenolic OH excluding ortho intramolecular Hbond substituents is 1. The zero-order chi connectivity index (χ0) is 9.84. The van der Waals surface area contributed by atoms with Gasteiger partial charge in [0.05, 0.1) is 12.1 Å².